The number of fused-ring (bicyclic) bond motifs is 3. The van der Waals surface area contributed by atoms with E-state index in [2.05, 4.69) is 13.8 Å². The fourth-order valence-electron chi connectivity index (χ4n) is 6.14. The van der Waals surface area contributed by atoms with Crippen molar-refractivity contribution in [2.45, 2.75) is 72.0 Å². The first kappa shape index (κ1) is 17.1. The number of rotatable bonds is 3. The largest absolute Gasteiger partial charge is 0.368 e. The van der Waals surface area contributed by atoms with E-state index in [1.165, 1.54) is 0 Å². The lowest BCUT2D eigenvalue weighted by atomic mass is 9.47. The fourth-order valence-corrected chi connectivity index (χ4v) is 6.14. The Kier molecular flexibility index (Phi) is 4.21. The van der Waals surface area contributed by atoms with Crippen LogP contribution < -0.4 is 0 Å². The molecule has 0 aromatic carbocycles. The maximum atomic E-state index is 12.8. The van der Waals surface area contributed by atoms with Gasteiger partial charge in [0, 0.05) is 24.7 Å². The molecule has 130 valence electrons. The second-order valence-corrected chi connectivity index (χ2v) is 8.94. The van der Waals surface area contributed by atoms with Gasteiger partial charge in [0.15, 0.2) is 6.29 Å². The first-order valence-electron chi connectivity index (χ1n) is 9.08. The van der Waals surface area contributed by atoms with Crippen molar-refractivity contribution in [3.8, 4) is 0 Å². The summed E-state index contributed by atoms with van der Waals surface area (Å²) >= 11 is 0. The van der Waals surface area contributed by atoms with Crippen LogP contribution >= 0.6 is 0 Å². The zero-order valence-electron chi connectivity index (χ0n) is 14.5. The van der Waals surface area contributed by atoms with E-state index in [-0.39, 0.29) is 23.5 Å². The molecule has 3 aliphatic carbocycles. The van der Waals surface area contributed by atoms with Gasteiger partial charge >= 0.3 is 0 Å². The highest BCUT2D eigenvalue weighted by Crippen LogP contribution is 2.63. The van der Waals surface area contributed by atoms with Gasteiger partial charge in [-0.05, 0) is 54.8 Å². The van der Waals surface area contributed by atoms with E-state index in [0.717, 1.165) is 12.8 Å². The van der Waals surface area contributed by atoms with Gasteiger partial charge in [-0.1, -0.05) is 20.8 Å². The number of ketones is 2. The van der Waals surface area contributed by atoms with Crippen LogP contribution in [0, 0.1) is 34.5 Å². The van der Waals surface area contributed by atoms with E-state index in [9.17, 15) is 19.8 Å². The lowest BCUT2D eigenvalue weighted by Crippen LogP contribution is -2.54. The molecule has 4 nitrogen and oxygen atoms in total. The third-order valence-corrected chi connectivity index (χ3v) is 7.44. The van der Waals surface area contributed by atoms with Gasteiger partial charge in [0.05, 0.1) is 0 Å². The van der Waals surface area contributed by atoms with E-state index in [1.807, 2.05) is 6.92 Å². The molecule has 3 rings (SSSR count). The number of aliphatic hydroxyl groups is 2. The van der Waals surface area contributed by atoms with E-state index in [1.54, 1.807) is 0 Å². The average molecular weight is 322 g/mol. The van der Waals surface area contributed by atoms with Gasteiger partial charge in [0.1, 0.15) is 11.6 Å². The Balaban J connectivity index is 1.91. The molecule has 0 spiro atoms. The summed E-state index contributed by atoms with van der Waals surface area (Å²) in [6.45, 7) is 6.46. The maximum absolute atomic E-state index is 12.8. The van der Waals surface area contributed by atoms with Gasteiger partial charge in [-0.2, -0.15) is 0 Å². The normalized spacial score (nSPS) is 46.9. The number of Topliss-reactive ketones (excluding diaryl/α,β-unsaturated/α-hetero) is 2. The standard InChI is InChI=1S/C19H30O4/c1-11-8-15(21)19(3,7-5-16(22)23)13-4-6-18(2)10-12(20)9-14(18)17(11)13/h11,13-14,16-17,22-23H,4-10H2,1-3H3/t11?,13?,14?,17?,18-,19-/m1/s1. The Morgan fingerprint density at radius 2 is 1.87 bits per heavy atom. The smallest absolute Gasteiger partial charge is 0.151 e. The zero-order valence-corrected chi connectivity index (χ0v) is 14.5. The second-order valence-electron chi connectivity index (χ2n) is 8.94. The van der Waals surface area contributed by atoms with Crippen LogP contribution in [-0.4, -0.2) is 28.1 Å². The Morgan fingerprint density at radius 1 is 1.17 bits per heavy atom. The highest BCUT2D eigenvalue weighted by Gasteiger charge is 2.60. The highest BCUT2D eigenvalue weighted by molar-refractivity contribution is 5.86. The third kappa shape index (κ3) is 2.68. The quantitative estimate of drug-likeness (QED) is 0.784. The maximum Gasteiger partial charge on any atom is 0.151 e. The monoisotopic (exact) mass is 322 g/mol. The SMILES string of the molecule is CC1CC(=O)[C@](C)(CCC(O)O)C2CC[C@]3(C)CC(=O)CC3C12. The van der Waals surface area contributed by atoms with Gasteiger partial charge in [-0.25, -0.2) is 0 Å². The molecular weight excluding hydrogens is 292 g/mol. The van der Waals surface area contributed by atoms with Crippen molar-refractivity contribution in [1.29, 1.82) is 0 Å². The van der Waals surface area contributed by atoms with Crippen LogP contribution in [0.4, 0.5) is 0 Å². The molecule has 2 N–H and O–H groups in total. The summed E-state index contributed by atoms with van der Waals surface area (Å²) in [5.41, 5.74) is -0.349. The summed E-state index contributed by atoms with van der Waals surface area (Å²) in [4.78, 5) is 24.9. The number of carbonyl (C=O) groups excluding carboxylic acids is 2. The van der Waals surface area contributed by atoms with Gasteiger partial charge in [0.25, 0.3) is 0 Å². The van der Waals surface area contributed by atoms with Crippen molar-refractivity contribution in [2.24, 2.45) is 34.5 Å². The van der Waals surface area contributed by atoms with E-state index in [0.29, 0.717) is 49.2 Å². The highest BCUT2D eigenvalue weighted by atomic mass is 16.5. The molecule has 3 fully saturated rings. The van der Waals surface area contributed by atoms with Crippen molar-refractivity contribution in [3.05, 3.63) is 0 Å². The summed E-state index contributed by atoms with van der Waals surface area (Å²) in [5.74, 6) is 2.08. The minimum Gasteiger partial charge on any atom is -0.368 e. The number of aliphatic hydroxyl groups excluding tert-OH is 1. The van der Waals surface area contributed by atoms with Crippen molar-refractivity contribution in [3.63, 3.8) is 0 Å². The lowest BCUT2D eigenvalue weighted by Gasteiger charge is -2.56. The molecule has 0 amide bonds. The molecule has 3 aliphatic rings. The number of hydrogen-bond acceptors (Lipinski definition) is 4. The molecule has 6 atom stereocenters. The Morgan fingerprint density at radius 3 is 2.52 bits per heavy atom. The third-order valence-electron chi connectivity index (χ3n) is 7.44. The molecule has 4 heteroatoms. The molecule has 0 radical (unpaired) electrons. The second kappa shape index (κ2) is 5.66. The molecule has 3 saturated carbocycles. The summed E-state index contributed by atoms with van der Waals surface area (Å²) in [6, 6.07) is 0. The summed E-state index contributed by atoms with van der Waals surface area (Å²) < 4.78 is 0. The summed E-state index contributed by atoms with van der Waals surface area (Å²) in [6.07, 6.45) is 3.39. The van der Waals surface area contributed by atoms with Crippen molar-refractivity contribution < 1.29 is 19.8 Å². The zero-order chi connectivity index (χ0) is 17.0. The molecule has 0 aromatic heterocycles. The van der Waals surface area contributed by atoms with Crippen LogP contribution in [0.1, 0.15) is 65.7 Å². The number of hydrogen-bond donors (Lipinski definition) is 2. The predicted molar refractivity (Wildman–Crippen MR) is 86.4 cm³/mol. The Bertz CT molecular complexity index is 513. The summed E-state index contributed by atoms with van der Waals surface area (Å²) in [7, 11) is 0. The van der Waals surface area contributed by atoms with Crippen molar-refractivity contribution in [2.75, 3.05) is 0 Å². The Hall–Kier alpha value is -0.740. The van der Waals surface area contributed by atoms with E-state index >= 15 is 0 Å². The van der Waals surface area contributed by atoms with Crippen LogP contribution in [-0.2, 0) is 9.59 Å². The van der Waals surface area contributed by atoms with E-state index < -0.39 is 11.7 Å². The van der Waals surface area contributed by atoms with Crippen LogP contribution in [0.5, 0.6) is 0 Å². The van der Waals surface area contributed by atoms with Gasteiger partial charge in [-0.15, -0.1) is 0 Å². The average Bonchev–Trinajstić information content (AvgIpc) is 2.76. The van der Waals surface area contributed by atoms with Gasteiger partial charge in [0.2, 0.25) is 0 Å². The van der Waals surface area contributed by atoms with Crippen LogP contribution in [0.25, 0.3) is 0 Å². The first-order chi connectivity index (χ1) is 10.7. The molecule has 0 saturated heterocycles. The van der Waals surface area contributed by atoms with Crippen LogP contribution in [0.3, 0.4) is 0 Å². The fraction of sp³-hybridized carbons (Fsp3) is 0.895. The first-order valence-corrected chi connectivity index (χ1v) is 9.08. The molecule has 23 heavy (non-hydrogen) atoms. The topological polar surface area (TPSA) is 74.6 Å². The molecular formula is C19H30O4. The van der Waals surface area contributed by atoms with Crippen LogP contribution in [0.2, 0.25) is 0 Å². The predicted octanol–water partition coefficient (Wildman–Crippen LogP) is 2.70. The molecule has 0 heterocycles. The van der Waals surface area contributed by atoms with Crippen LogP contribution in [0.15, 0.2) is 0 Å². The molecule has 0 bridgehead atoms. The number of carbonyl (C=O) groups is 2. The Labute approximate surface area is 138 Å². The molecule has 4 unspecified atom stereocenters. The minimum absolute atomic E-state index is 0.115. The van der Waals surface area contributed by atoms with Crippen molar-refractivity contribution in [1.82, 2.24) is 0 Å². The minimum atomic E-state index is -1.35. The van der Waals surface area contributed by atoms with E-state index in [4.69, 9.17) is 0 Å². The molecule has 0 aliphatic heterocycles. The van der Waals surface area contributed by atoms with Gasteiger partial charge < -0.3 is 10.2 Å². The van der Waals surface area contributed by atoms with Gasteiger partial charge in [-0.3, -0.25) is 9.59 Å². The lowest BCUT2D eigenvalue weighted by molar-refractivity contribution is -0.152. The summed E-state index contributed by atoms with van der Waals surface area (Å²) in [5, 5.41) is 18.5. The molecule has 0 aromatic rings. The van der Waals surface area contributed by atoms with Crippen molar-refractivity contribution >= 4 is 11.6 Å².